The molecule has 0 aliphatic carbocycles. The van der Waals surface area contributed by atoms with Gasteiger partial charge in [0.05, 0.1) is 48.7 Å². The Morgan fingerprint density at radius 3 is 1.41 bits per heavy atom. The first-order chi connectivity index (χ1) is 21.0. The zero-order valence-corrected chi connectivity index (χ0v) is 24.4. The summed E-state index contributed by atoms with van der Waals surface area (Å²) in [6, 6.07) is 6.69. The molecule has 2 unspecified atom stereocenters. The van der Waals surface area contributed by atoms with Crippen molar-refractivity contribution in [3.05, 3.63) is 90.5 Å². The van der Waals surface area contributed by atoms with Crippen LogP contribution in [0.3, 0.4) is 0 Å². The van der Waals surface area contributed by atoms with E-state index in [1.807, 2.05) is 0 Å². The van der Waals surface area contributed by atoms with Gasteiger partial charge in [-0.2, -0.15) is 0 Å². The van der Waals surface area contributed by atoms with Gasteiger partial charge >= 0.3 is 12.1 Å². The van der Waals surface area contributed by atoms with Crippen LogP contribution < -0.4 is 40.2 Å². The number of hydrogen-bond donors (Lipinski definition) is 4. The summed E-state index contributed by atoms with van der Waals surface area (Å²) in [6.45, 7) is 3.58. The van der Waals surface area contributed by atoms with E-state index < -0.39 is 34.0 Å². The first-order valence-electron chi connectivity index (χ1n) is 13.5. The minimum atomic E-state index is -0.959. The van der Waals surface area contributed by atoms with E-state index in [1.54, 1.807) is 36.4 Å². The second kappa shape index (κ2) is 13.6. The molecule has 16 nitrogen and oxygen atoms in total. The first-order valence-corrected chi connectivity index (χ1v) is 13.5. The van der Waals surface area contributed by atoms with E-state index in [0.29, 0.717) is 60.2 Å². The summed E-state index contributed by atoms with van der Waals surface area (Å²) in [7, 11) is 2.90. The van der Waals surface area contributed by atoms with E-state index in [2.05, 4.69) is 21.3 Å². The SMILES string of the molecule is COc1cc(C2NC(=O)NC(C)=C2[N+](=O)[O-])ccc1OCCCCOc1ccc(C2NC(=O)NC(C)=C2[N+](=O)[O-])cc1OC. The van der Waals surface area contributed by atoms with Crippen molar-refractivity contribution in [1.82, 2.24) is 21.3 Å². The second-order valence-electron chi connectivity index (χ2n) is 9.82. The van der Waals surface area contributed by atoms with Crippen LogP contribution in [0.4, 0.5) is 9.59 Å². The highest BCUT2D eigenvalue weighted by Crippen LogP contribution is 2.36. The van der Waals surface area contributed by atoms with Crippen molar-refractivity contribution in [3.63, 3.8) is 0 Å². The predicted octanol–water partition coefficient (Wildman–Crippen LogP) is 3.67. The Labute approximate surface area is 251 Å². The fraction of sp³-hybridized carbons (Fsp3) is 0.357. The van der Waals surface area contributed by atoms with Gasteiger partial charge in [-0.25, -0.2) is 9.59 Å². The molecule has 4 N–H and O–H groups in total. The molecule has 2 heterocycles. The van der Waals surface area contributed by atoms with Crippen molar-refractivity contribution in [3.8, 4) is 23.0 Å². The molecule has 0 spiro atoms. The Hall–Kier alpha value is -5.54. The molecule has 2 aliphatic rings. The quantitative estimate of drug-likeness (QED) is 0.147. The van der Waals surface area contributed by atoms with Gasteiger partial charge in [-0.05, 0) is 62.1 Å². The maximum Gasteiger partial charge on any atom is 0.320 e. The number of rotatable bonds is 13. The van der Waals surface area contributed by atoms with Crippen molar-refractivity contribution in [2.24, 2.45) is 0 Å². The molecule has 44 heavy (non-hydrogen) atoms. The topological polar surface area (TPSA) is 205 Å². The van der Waals surface area contributed by atoms with Gasteiger partial charge in [-0.15, -0.1) is 0 Å². The molecular formula is C28H32N6O10. The molecule has 2 aliphatic heterocycles. The molecule has 0 aromatic heterocycles. The monoisotopic (exact) mass is 612 g/mol. The van der Waals surface area contributed by atoms with Crippen LogP contribution in [0.15, 0.2) is 59.2 Å². The maximum atomic E-state index is 11.9. The van der Waals surface area contributed by atoms with Gasteiger partial charge in [0, 0.05) is 0 Å². The van der Waals surface area contributed by atoms with Gasteiger partial charge in [0.25, 0.3) is 11.4 Å². The summed E-state index contributed by atoms with van der Waals surface area (Å²) < 4.78 is 22.6. The fourth-order valence-corrected chi connectivity index (χ4v) is 4.87. The average Bonchev–Trinajstić information content (AvgIpc) is 2.97. The molecule has 0 radical (unpaired) electrons. The summed E-state index contributed by atoms with van der Waals surface area (Å²) in [4.78, 5) is 46.0. The van der Waals surface area contributed by atoms with E-state index in [1.165, 1.54) is 28.1 Å². The number of hydrogen-bond acceptors (Lipinski definition) is 10. The zero-order valence-electron chi connectivity index (χ0n) is 24.4. The number of allylic oxidation sites excluding steroid dienone is 2. The number of unbranched alkanes of at least 4 members (excludes halogenated alkanes) is 1. The number of ether oxygens (including phenoxy) is 4. The minimum Gasteiger partial charge on any atom is -0.493 e. The number of nitrogens with zero attached hydrogens (tertiary/aromatic N) is 2. The maximum absolute atomic E-state index is 11.9. The van der Waals surface area contributed by atoms with Crippen LogP contribution in [0.5, 0.6) is 23.0 Å². The van der Waals surface area contributed by atoms with Gasteiger partial charge in [0.15, 0.2) is 23.0 Å². The van der Waals surface area contributed by atoms with Gasteiger partial charge < -0.3 is 40.2 Å². The van der Waals surface area contributed by atoms with Crippen LogP contribution in [0.25, 0.3) is 0 Å². The summed E-state index contributed by atoms with van der Waals surface area (Å²) >= 11 is 0. The fourth-order valence-electron chi connectivity index (χ4n) is 4.87. The van der Waals surface area contributed by atoms with Gasteiger partial charge in [0.2, 0.25) is 0 Å². The van der Waals surface area contributed by atoms with E-state index >= 15 is 0 Å². The van der Waals surface area contributed by atoms with Gasteiger partial charge in [0.1, 0.15) is 12.1 Å². The van der Waals surface area contributed by atoms with Crippen molar-refractivity contribution >= 4 is 12.1 Å². The van der Waals surface area contributed by atoms with Crippen LogP contribution in [-0.2, 0) is 0 Å². The summed E-state index contributed by atoms with van der Waals surface area (Å²) in [6.07, 6.45) is 1.22. The van der Waals surface area contributed by atoms with E-state index in [9.17, 15) is 29.8 Å². The molecule has 234 valence electrons. The highest BCUT2D eigenvalue weighted by molar-refractivity contribution is 5.79. The summed E-state index contributed by atoms with van der Waals surface area (Å²) in [5.41, 5.74) is 0.907. The van der Waals surface area contributed by atoms with Crippen LogP contribution in [-0.4, -0.2) is 49.3 Å². The third-order valence-electron chi connectivity index (χ3n) is 6.96. The number of nitrogens with one attached hydrogen (secondary N) is 4. The van der Waals surface area contributed by atoms with Crippen LogP contribution in [0, 0.1) is 20.2 Å². The molecule has 2 aromatic rings. The third kappa shape index (κ3) is 6.91. The average molecular weight is 613 g/mol. The number of carbonyl (C=O) groups is 2. The molecular weight excluding hydrogens is 580 g/mol. The molecule has 0 saturated carbocycles. The molecule has 0 bridgehead atoms. The minimum absolute atomic E-state index is 0.158. The molecule has 2 aromatic carbocycles. The lowest BCUT2D eigenvalue weighted by Gasteiger charge is -2.24. The Bertz CT molecular complexity index is 1430. The Morgan fingerprint density at radius 2 is 1.07 bits per heavy atom. The van der Waals surface area contributed by atoms with Crippen LogP contribution >= 0.6 is 0 Å². The molecule has 16 heteroatoms. The molecule has 4 amide bonds. The Morgan fingerprint density at radius 1 is 0.682 bits per heavy atom. The van der Waals surface area contributed by atoms with E-state index in [4.69, 9.17) is 18.9 Å². The number of amides is 4. The zero-order chi connectivity index (χ0) is 32.0. The highest BCUT2D eigenvalue weighted by atomic mass is 16.6. The van der Waals surface area contributed by atoms with Crippen molar-refractivity contribution in [2.75, 3.05) is 27.4 Å². The molecule has 0 fully saturated rings. The van der Waals surface area contributed by atoms with Gasteiger partial charge in [-0.3, -0.25) is 20.2 Å². The van der Waals surface area contributed by atoms with E-state index in [-0.39, 0.29) is 22.8 Å². The Balaban J connectivity index is 1.33. The normalized spacial score (nSPS) is 18.0. The number of benzene rings is 2. The van der Waals surface area contributed by atoms with E-state index in [0.717, 1.165) is 0 Å². The number of nitro groups is 2. The standard InChI is InChI=1S/C28H32N6O10/c1-15-25(33(37)38)23(31-27(35)29-15)17-7-9-19(21(13-17)41-3)43-11-5-6-12-44-20-10-8-18(14-22(20)42-4)24-26(34(39)40)16(2)30-28(36)32-24/h7-10,13-14,23-24H,5-6,11-12H2,1-4H3,(H2,29,31,35)(H2,30,32,36). The number of carbonyl (C=O) groups excluding carboxylic acids is 2. The van der Waals surface area contributed by atoms with Crippen molar-refractivity contribution in [1.29, 1.82) is 0 Å². The lowest BCUT2D eigenvalue weighted by molar-refractivity contribution is -0.433. The number of methoxy groups -OCH3 is 2. The second-order valence-corrected chi connectivity index (χ2v) is 9.82. The predicted molar refractivity (Wildman–Crippen MR) is 154 cm³/mol. The largest absolute Gasteiger partial charge is 0.493 e. The first kappa shape index (κ1) is 31.4. The summed E-state index contributed by atoms with van der Waals surface area (Å²) in [5, 5.41) is 33.2. The lowest BCUT2D eigenvalue weighted by atomic mass is 10.0. The van der Waals surface area contributed by atoms with Crippen LogP contribution in [0.2, 0.25) is 0 Å². The number of urea groups is 2. The Kier molecular flexibility index (Phi) is 9.72. The highest BCUT2D eigenvalue weighted by Gasteiger charge is 2.37. The third-order valence-corrected chi connectivity index (χ3v) is 6.96. The van der Waals surface area contributed by atoms with Crippen molar-refractivity contribution < 1.29 is 38.4 Å². The molecule has 2 atom stereocenters. The van der Waals surface area contributed by atoms with Gasteiger partial charge in [-0.1, -0.05) is 12.1 Å². The van der Waals surface area contributed by atoms with Crippen molar-refractivity contribution in [2.45, 2.75) is 38.8 Å². The summed E-state index contributed by atoms with van der Waals surface area (Å²) in [5.74, 6) is 1.57. The smallest absolute Gasteiger partial charge is 0.320 e. The van der Waals surface area contributed by atoms with Crippen LogP contribution in [0.1, 0.15) is 49.9 Å². The molecule has 4 rings (SSSR count). The molecule has 0 saturated heterocycles. The lowest BCUT2D eigenvalue weighted by Crippen LogP contribution is -2.45.